The molecule has 1 atom stereocenters. The van der Waals surface area contributed by atoms with Gasteiger partial charge in [-0.3, -0.25) is 0 Å². The normalized spacial score (nSPS) is 23.0. The minimum atomic E-state index is 0.229. The van der Waals surface area contributed by atoms with E-state index in [0.717, 1.165) is 12.5 Å². The molecule has 18 heavy (non-hydrogen) atoms. The first kappa shape index (κ1) is 16.0. The second-order valence-corrected chi connectivity index (χ2v) is 7.73. The molecule has 1 heterocycles. The first-order valence-electron chi connectivity index (χ1n) is 7.71. The topological polar surface area (TPSA) is 15.3 Å². The molecule has 1 aliphatic heterocycles. The van der Waals surface area contributed by atoms with E-state index in [0.29, 0.717) is 5.41 Å². The van der Waals surface area contributed by atoms with E-state index < -0.39 is 0 Å². The van der Waals surface area contributed by atoms with Crippen LogP contribution in [-0.2, 0) is 0 Å². The molecule has 2 heteroatoms. The third kappa shape index (κ3) is 5.71. The standard InChI is InChI=1S/C16H34N2/c1-7-16(6,12-17-15(3,4)5)13-18-10-8-14(2)9-11-18/h14,17H,7-13H2,1-6H3. The van der Waals surface area contributed by atoms with E-state index in [1.165, 1.54) is 38.9 Å². The fraction of sp³-hybridized carbons (Fsp3) is 1.00. The minimum absolute atomic E-state index is 0.229. The number of hydrogen-bond acceptors (Lipinski definition) is 2. The first-order chi connectivity index (χ1) is 8.24. The summed E-state index contributed by atoms with van der Waals surface area (Å²) in [7, 11) is 0. The van der Waals surface area contributed by atoms with Crippen molar-refractivity contribution in [1.82, 2.24) is 10.2 Å². The van der Waals surface area contributed by atoms with Crippen molar-refractivity contribution >= 4 is 0 Å². The van der Waals surface area contributed by atoms with Crippen molar-refractivity contribution in [2.75, 3.05) is 26.2 Å². The van der Waals surface area contributed by atoms with Crippen LogP contribution in [-0.4, -0.2) is 36.6 Å². The SMILES string of the molecule is CCC(C)(CNC(C)(C)C)CN1CCC(C)CC1. The highest BCUT2D eigenvalue weighted by Gasteiger charge is 2.28. The van der Waals surface area contributed by atoms with Crippen LogP contribution in [0.5, 0.6) is 0 Å². The summed E-state index contributed by atoms with van der Waals surface area (Å²) in [4.78, 5) is 2.67. The van der Waals surface area contributed by atoms with Crippen LogP contribution in [0.25, 0.3) is 0 Å². The lowest BCUT2D eigenvalue weighted by Gasteiger charge is -2.39. The quantitative estimate of drug-likeness (QED) is 0.807. The average molecular weight is 254 g/mol. The van der Waals surface area contributed by atoms with Gasteiger partial charge in [-0.05, 0) is 64.5 Å². The smallest absolute Gasteiger partial charge is 0.00967 e. The number of likely N-dealkylation sites (tertiary alicyclic amines) is 1. The van der Waals surface area contributed by atoms with Crippen LogP contribution in [0.3, 0.4) is 0 Å². The molecular weight excluding hydrogens is 220 g/mol. The number of nitrogens with one attached hydrogen (secondary N) is 1. The van der Waals surface area contributed by atoms with Gasteiger partial charge < -0.3 is 10.2 Å². The summed E-state index contributed by atoms with van der Waals surface area (Å²) in [6.45, 7) is 18.9. The molecule has 2 nitrogen and oxygen atoms in total. The molecule has 0 amide bonds. The fourth-order valence-corrected chi connectivity index (χ4v) is 2.53. The number of rotatable bonds is 5. The molecule has 0 saturated carbocycles. The molecule has 1 fully saturated rings. The van der Waals surface area contributed by atoms with Gasteiger partial charge in [-0.2, -0.15) is 0 Å². The Morgan fingerprint density at radius 2 is 1.67 bits per heavy atom. The van der Waals surface area contributed by atoms with Crippen LogP contribution in [0.15, 0.2) is 0 Å². The van der Waals surface area contributed by atoms with Crippen molar-refractivity contribution in [3.8, 4) is 0 Å². The predicted octanol–water partition coefficient (Wildman–Crippen LogP) is 3.52. The van der Waals surface area contributed by atoms with Gasteiger partial charge in [0.05, 0.1) is 0 Å². The van der Waals surface area contributed by atoms with Crippen molar-refractivity contribution in [2.24, 2.45) is 11.3 Å². The molecule has 108 valence electrons. The summed E-state index contributed by atoms with van der Waals surface area (Å²) in [6.07, 6.45) is 4.02. The van der Waals surface area contributed by atoms with Gasteiger partial charge in [0.1, 0.15) is 0 Å². The maximum absolute atomic E-state index is 3.69. The zero-order chi connectivity index (χ0) is 13.8. The second-order valence-electron chi connectivity index (χ2n) is 7.73. The van der Waals surface area contributed by atoms with E-state index in [1.807, 2.05) is 0 Å². The lowest BCUT2D eigenvalue weighted by molar-refractivity contribution is 0.113. The molecule has 0 radical (unpaired) electrons. The number of piperidine rings is 1. The van der Waals surface area contributed by atoms with Crippen molar-refractivity contribution < 1.29 is 0 Å². The van der Waals surface area contributed by atoms with Crippen LogP contribution >= 0.6 is 0 Å². The third-order valence-electron chi connectivity index (χ3n) is 4.38. The van der Waals surface area contributed by atoms with Gasteiger partial charge in [-0.1, -0.05) is 20.8 Å². The molecule has 1 rings (SSSR count). The highest BCUT2D eigenvalue weighted by atomic mass is 15.1. The molecule has 0 aliphatic carbocycles. The summed E-state index contributed by atoms with van der Waals surface area (Å²) in [5.41, 5.74) is 0.640. The van der Waals surface area contributed by atoms with E-state index in [2.05, 4.69) is 51.8 Å². The lowest BCUT2D eigenvalue weighted by atomic mass is 9.85. The average Bonchev–Trinajstić information content (AvgIpc) is 2.29. The summed E-state index contributed by atoms with van der Waals surface area (Å²) in [6, 6.07) is 0. The van der Waals surface area contributed by atoms with Gasteiger partial charge in [0.15, 0.2) is 0 Å². The predicted molar refractivity (Wildman–Crippen MR) is 81.0 cm³/mol. The molecular formula is C16H34N2. The fourth-order valence-electron chi connectivity index (χ4n) is 2.53. The Hall–Kier alpha value is -0.0800. The molecule has 1 unspecified atom stereocenters. The van der Waals surface area contributed by atoms with Crippen molar-refractivity contribution in [3.05, 3.63) is 0 Å². The van der Waals surface area contributed by atoms with Crippen molar-refractivity contribution in [2.45, 2.75) is 66.3 Å². The molecule has 0 aromatic rings. The number of hydrogen-bond donors (Lipinski definition) is 1. The monoisotopic (exact) mass is 254 g/mol. The summed E-state index contributed by atoms with van der Waals surface area (Å²) >= 11 is 0. The van der Waals surface area contributed by atoms with E-state index in [9.17, 15) is 0 Å². The highest BCUT2D eigenvalue weighted by Crippen LogP contribution is 2.25. The first-order valence-corrected chi connectivity index (χ1v) is 7.71. The van der Waals surface area contributed by atoms with Gasteiger partial charge in [0, 0.05) is 18.6 Å². The molecule has 1 N–H and O–H groups in total. The molecule has 0 bridgehead atoms. The number of nitrogens with zero attached hydrogens (tertiary/aromatic N) is 1. The zero-order valence-electron chi connectivity index (χ0n) is 13.5. The van der Waals surface area contributed by atoms with Crippen LogP contribution in [0.4, 0.5) is 0 Å². The molecule has 1 aliphatic rings. The molecule has 0 aromatic heterocycles. The summed E-state index contributed by atoms with van der Waals surface area (Å²) < 4.78 is 0. The minimum Gasteiger partial charge on any atom is -0.311 e. The largest absolute Gasteiger partial charge is 0.311 e. The zero-order valence-corrected chi connectivity index (χ0v) is 13.5. The highest BCUT2D eigenvalue weighted by molar-refractivity contribution is 4.84. The second kappa shape index (κ2) is 6.38. The molecule has 0 aromatic carbocycles. The van der Waals surface area contributed by atoms with E-state index in [4.69, 9.17) is 0 Å². The Labute approximate surface area is 115 Å². The van der Waals surface area contributed by atoms with E-state index in [-0.39, 0.29) is 5.54 Å². The maximum atomic E-state index is 3.69. The lowest BCUT2D eigenvalue weighted by Crippen LogP contribution is -2.48. The van der Waals surface area contributed by atoms with Crippen molar-refractivity contribution in [3.63, 3.8) is 0 Å². The Morgan fingerprint density at radius 3 is 2.11 bits per heavy atom. The Bertz CT molecular complexity index is 236. The van der Waals surface area contributed by atoms with Gasteiger partial charge in [0.2, 0.25) is 0 Å². The Balaban J connectivity index is 2.44. The summed E-state index contributed by atoms with van der Waals surface area (Å²) in [5.74, 6) is 0.932. The van der Waals surface area contributed by atoms with Gasteiger partial charge in [0.25, 0.3) is 0 Å². The van der Waals surface area contributed by atoms with Crippen molar-refractivity contribution in [1.29, 1.82) is 0 Å². The molecule has 1 saturated heterocycles. The Morgan fingerprint density at radius 1 is 1.11 bits per heavy atom. The maximum Gasteiger partial charge on any atom is 0.00967 e. The van der Waals surface area contributed by atoms with Gasteiger partial charge >= 0.3 is 0 Å². The third-order valence-corrected chi connectivity index (χ3v) is 4.38. The van der Waals surface area contributed by atoms with Gasteiger partial charge in [-0.25, -0.2) is 0 Å². The van der Waals surface area contributed by atoms with Crippen LogP contribution in [0.2, 0.25) is 0 Å². The molecule has 0 spiro atoms. The van der Waals surface area contributed by atoms with Crippen LogP contribution < -0.4 is 5.32 Å². The summed E-state index contributed by atoms with van der Waals surface area (Å²) in [5, 5.41) is 3.69. The van der Waals surface area contributed by atoms with E-state index >= 15 is 0 Å². The van der Waals surface area contributed by atoms with Crippen LogP contribution in [0, 0.1) is 11.3 Å². The van der Waals surface area contributed by atoms with Gasteiger partial charge in [-0.15, -0.1) is 0 Å². The van der Waals surface area contributed by atoms with E-state index in [1.54, 1.807) is 0 Å². The van der Waals surface area contributed by atoms with Crippen LogP contribution in [0.1, 0.15) is 60.8 Å². The Kier molecular flexibility index (Phi) is 5.67.